The average Bonchev–Trinajstić information content (AvgIpc) is 3.19. The molecule has 0 aromatic heterocycles. The predicted molar refractivity (Wildman–Crippen MR) is 112 cm³/mol. The van der Waals surface area contributed by atoms with Crippen LogP contribution in [0.25, 0.3) is 0 Å². The minimum atomic E-state index is 0.0827. The smallest absolute Gasteiger partial charge is 0.242 e. The van der Waals surface area contributed by atoms with Crippen LogP contribution in [0.4, 0.5) is 5.69 Å². The minimum Gasteiger partial charge on any atom is -0.493 e. The van der Waals surface area contributed by atoms with Crippen LogP contribution in [0.2, 0.25) is 0 Å². The van der Waals surface area contributed by atoms with Gasteiger partial charge in [-0.05, 0) is 61.6 Å². The highest BCUT2D eigenvalue weighted by atomic mass is 16.5. The van der Waals surface area contributed by atoms with Crippen LogP contribution in [0.3, 0.4) is 0 Å². The van der Waals surface area contributed by atoms with Gasteiger partial charge in [-0.3, -0.25) is 4.79 Å². The van der Waals surface area contributed by atoms with Gasteiger partial charge in [0.05, 0.1) is 26.8 Å². The Morgan fingerprint density at radius 2 is 1.86 bits per heavy atom. The number of rotatable bonds is 6. The number of anilines is 1. The van der Waals surface area contributed by atoms with E-state index in [1.807, 2.05) is 30.1 Å². The molecule has 1 amide bonds. The molecule has 3 rings (SSSR count). The van der Waals surface area contributed by atoms with Crippen LogP contribution in [0.15, 0.2) is 36.4 Å². The number of carbonyl (C=O) groups excluding carboxylic acids is 1. The van der Waals surface area contributed by atoms with Crippen molar-refractivity contribution in [2.75, 3.05) is 39.3 Å². The predicted octanol–water partition coefficient (Wildman–Crippen LogP) is 4.12. The SMILES string of the molecule is COc1ccc(C2CCCN2C(=O)CN(C)c2cc(C)ccc2C)cc1OC. The molecule has 28 heavy (non-hydrogen) atoms. The molecule has 1 aliphatic heterocycles. The maximum atomic E-state index is 13.1. The number of hydrogen-bond donors (Lipinski definition) is 0. The number of likely N-dealkylation sites (tertiary alicyclic amines) is 1. The van der Waals surface area contributed by atoms with Crippen molar-refractivity contribution in [3.8, 4) is 11.5 Å². The van der Waals surface area contributed by atoms with E-state index in [9.17, 15) is 4.79 Å². The normalized spacial score (nSPS) is 16.2. The van der Waals surface area contributed by atoms with Crippen LogP contribution < -0.4 is 14.4 Å². The molecule has 1 atom stereocenters. The lowest BCUT2D eigenvalue weighted by Gasteiger charge is -2.29. The topological polar surface area (TPSA) is 42.0 Å². The van der Waals surface area contributed by atoms with Crippen LogP contribution in [-0.4, -0.2) is 45.2 Å². The first-order chi connectivity index (χ1) is 13.4. The molecule has 0 bridgehead atoms. The van der Waals surface area contributed by atoms with Crippen LogP contribution in [0, 0.1) is 13.8 Å². The summed E-state index contributed by atoms with van der Waals surface area (Å²) in [6, 6.07) is 12.4. The number of hydrogen-bond acceptors (Lipinski definition) is 4. The largest absolute Gasteiger partial charge is 0.493 e. The number of methoxy groups -OCH3 is 2. The molecule has 5 nitrogen and oxygen atoms in total. The third-order valence-corrected chi connectivity index (χ3v) is 5.51. The van der Waals surface area contributed by atoms with Crippen molar-refractivity contribution in [3.63, 3.8) is 0 Å². The second kappa shape index (κ2) is 8.55. The van der Waals surface area contributed by atoms with Gasteiger partial charge >= 0.3 is 0 Å². The number of ether oxygens (including phenoxy) is 2. The van der Waals surface area contributed by atoms with E-state index in [0.29, 0.717) is 18.0 Å². The molecule has 0 aliphatic carbocycles. The van der Waals surface area contributed by atoms with Gasteiger partial charge in [0.15, 0.2) is 11.5 Å². The van der Waals surface area contributed by atoms with E-state index in [0.717, 1.165) is 30.6 Å². The van der Waals surface area contributed by atoms with E-state index in [2.05, 4.69) is 36.9 Å². The third kappa shape index (κ3) is 4.08. The maximum absolute atomic E-state index is 13.1. The second-order valence-electron chi connectivity index (χ2n) is 7.51. The lowest BCUT2D eigenvalue weighted by Crippen LogP contribution is -2.38. The first-order valence-electron chi connectivity index (χ1n) is 9.74. The Morgan fingerprint density at radius 3 is 2.57 bits per heavy atom. The molecule has 150 valence electrons. The molecule has 2 aromatic carbocycles. The van der Waals surface area contributed by atoms with Gasteiger partial charge in [0.1, 0.15) is 0 Å². The number of aryl methyl sites for hydroxylation is 2. The van der Waals surface area contributed by atoms with Crippen molar-refractivity contribution in [2.24, 2.45) is 0 Å². The van der Waals surface area contributed by atoms with Crippen LogP contribution in [-0.2, 0) is 4.79 Å². The zero-order valence-corrected chi connectivity index (χ0v) is 17.5. The molecular formula is C23H30N2O3. The molecule has 1 heterocycles. The summed E-state index contributed by atoms with van der Waals surface area (Å²) in [7, 11) is 5.26. The van der Waals surface area contributed by atoms with Gasteiger partial charge in [0.2, 0.25) is 5.91 Å². The first-order valence-corrected chi connectivity index (χ1v) is 9.74. The lowest BCUT2D eigenvalue weighted by atomic mass is 10.0. The van der Waals surface area contributed by atoms with E-state index in [1.54, 1.807) is 14.2 Å². The Morgan fingerprint density at radius 1 is 1.11 bits per heavy atom. The monoisotopic (exact) mass is 382 g/mol. The van der Waals surface area contributed by atoms with E-state index >= 15 is 0 Å². The summed E-state index contributed by atoms with van der Waals surface area (Å²) in [6.45, 7) is 5.32. The summed E-state index contributed by atoms with van der Waals surface area (Å²) in [5.74, 6) is 1.56. The fourth-order valence-corrected chi connectivity index (χ4v) is 3.98. The fourth-order valence-electron chi connectivity index (χ4n) is 3.98. The zero-order valence-electron chi connectivity index (χ0n) is 17.5. The van der Waals surface area contributed by atoms with Crippen molar-refractivity contribution in [1.82, 2.24) is 4.90 Å². The number of likely N-dealkylation sites (N-methyl/N-ethyl adjacent to an activating group) is 1. The van der Waals surface area contributed by atoms with Crippen LogP contribution in [0.5, 0.6) is 11.5 Å². The summed E-state index contributed by atoms with van der Waals surface area (Å²) >= 11 is 0. The molecule has 0 radical (unpaired) electrons. The molecule has 0 N–H and O–H groups in total. The Bertz CT molecular complexity index is 850. The van der Waals surface area contributed by atoms with E-state index < -0.39 is 0 Å². The number of carbonyl (C=O) groups is 1. The Balaban J connectivity index is 1.77. The molecule has 0 spiro atoms. The molecule has 1 saturated heterocycles. The van der Waals surface area contributed by atoms with Gasteiger partial charge in [-0.25, -0.2) is 0 Å². The summed E-state index contributed by atoms with van der Waals surface area (Å²) < 4.78 is 10.8. The molecule has 1 aliphatic rings. The Hall–Kier alpha value is -2.69. The highest BCUT2D eigenvalue weighted by molar-refractivity contribution is 5.82. The van der Waals surface area contributed by atoms with Crippen LogP contribution in [0.1, 0.15) is 35.6 Å². The van der Waals surface area contributed by atoms with Crippen molar-refractivity contribution in [1.29, 1.82) is 0 Å². The van der Waals surface area contributed by atoms with Gasteiger partial charge < -0.3 is 19.3 Å². The van der Waals surface area contributed by atoms with Gasteiger partial charge in [-0.1, -0.05) is 18.2 Å². The zero-order chi connectivity index (χ0) is 20.3. The van der Waals surface area contributed by atoms with E-state index in [-0.39, 0.29) is 11.9 Å². The summed E-state index contributed by atoms with van der Waals surface area (Å²) in [5, 5.41) is 0. The van der Waals surface area contributed by atoms with E-state index in [4.69, 9.17) is 9.47 Å². The average molecular weight is 383 g/mol. The third-order valence-electron chi connectivity index (χ3n) is 5.51. The standard InChI is InChI=1S/C23H30N2O3/c1-16-8-9-17(2)20(13-16)24(3)15-23(26)25-12-6-7-19(25)18-10-11-21(27-4)22(14-18)28-5/h8-11,13-14,19H,6-7,12,15H2,1-5H3. The highest BCUT2D eigenvalue weighted by Gasteiger charge is 2.31. The van der Waals surface area contributed by atoms with Crippen LogP contribution >= 0.6 is 0 Å². The number of nitrogens with zero attached hydrogens (tertiary/aromatic N) is 2. The van der Waals surface area contributed by atoms with Crippen molar-refractivity contribution in [2.45, 2.75) is 32.7 Å². The van der Waals surface area contributed by atoms with Crippen molar-refractivity contribution >= 4 is 11.6 Å². The molecular weight excluding hydrogens is 352 g/mol. The van der Waals surface area contributed by atoms with E-state index in [1.165, 1.54) is 11.1 Å². The summed E-state index contributed by atoms with van der Waals surface area (Å²) in [4.78, 5) is 17.2. The van der Waals surface area contributed by atoms with Crippen molar-refractivity contribution in [3.05, 3.63) is 53.1 Å². The van der Waals surface area contributed by atoms with Gasteiger partial charge in [0.25, 0.3) is 0 Å². The van der Waals surface area contributed by atoms with Gasteiger partial charge in [-0.2, -0.15) is 0 Å². The molecule has 1 unspecified atom stereocenters. The number of benzene rings is 2. The highest BCUT2D eigenvalue weighted by Crippen LogP contribution is 2.37. The second-order valence-corrected chi connectivity index (χ2v) is 7.51. The minimum absolute atomic E-state index is 0.0827. The quantitative estimate of drug-likeness (QED) is 0.754. The summed E-state index contributed by atoms with van der Waals surface area (Å²) in [5.41, 5.74) is 4.58. The summed E-state index contributed by atoms with van der Waals surface area (Å²) in [6.07, 6.45) is 1.98. The molecule has 0 saturated carbocycles. The lowest BCUT2D eigenvalue weighted by molar-refractivity contribution is -0.130. The Kier molecular flexibility index (Phi) is 6.12. The van der Waals surface area contributed by atoms with Gasteiger partial charge in [-0.15, -0.1) is 0 Å². The molecule has 1 fully saturated rings. The fraction of sp³-hybridized carbons (Fsp3) is 0.435. The molecule has 5 heteroatoms. The Labute approximate surface area is 167 Å². The molecule has 2 aromatic rings. The maximum Gasteiger partial charge on any atom is 0.242 e. The number of amides is 1. The van der Waals surface area contributed by atoms with Gasteiger partial charge in [0, 0.05) is 19.3 Å². The van der Waals surface area contributed by atoms with Crippen molar-refractivity contribution < 1.29 is 14.3 Å². The first kappa shape index (κ1) is 20.1.